The summed E-state index contributed by atoms with van der Waals surface area (Å²) in [6, 6.07) is 6.96. The molecule has 0 aliphatic carbocycles. The lowest BCUT2D eigenvalue weighted by atomic mass is 10.2. The summed E-state index contributed by atoms with van der Waals surface area (Å²) in [7, 11) is 2.95. The molecule has 0 aliphatic heterocycles. The number of hydrogen-bond acceptors (Lipinski definition) is 6. The lowest BCUT2D eigenvalue weighted by Crippen LogP contribution is -1.94. The van der Waals surface area contributed by atoms with Crippen molar-refractivity contribution in [2.75, 3.05) is 7.11 Å². The van der Waals surface area contributed by atoms with Gasteiger partial charge in [-0.3, -0.25) is 0 Å². The van der Waals surface area contributed by atoms with Gasteiger partial charge in [-0.05, 0) is 24.3 Å². The molecule has 0 amide bonds. The zero-order valence-electron chi connectivity index (χ0n) is 9.33. The molecule has 96 valence electrons. The van der Waals surface area contributed by atoms with E-state index in [0.717, 1.165) is 0 Å². The van der Waals surface area contributed by atoms with E-state index < -0.39 is 14.8 Å². The Bertz CT molecular complexity index is 636. The third-order valence-electron chi connectivity index (χ3n) is 2.11. The van der Waals surface area contributed by atoms with Gasteiger partial charge in [0.25, 0.3) is 0 Å². The molecule has 0 unspecified atom stereocenters. The molecule has 1 aromatic carbocycles. The van der Waals surface area contributed by atoms with E-state index in [1.165, 1.54) is 0 Å². The third kappa shape index (κ3) is 3.21. The first-order valence-electron chi connectivity index (χ1n) is 4.87. The van der Waals surface area contributed by atoms with Crippen molar-refractivity contribution in [1.82, 2.24) is 10.1 Å². The summed E-state index contributed by atoms with van der Waals surface area (Å²) in [5.74, 6) is 0.465. The molecule has 2 aromatic rings. The van der Waals surface area contributed by atoms with Crippen LogP contribution in [0.3, 0.4) is 0 Å². The normalized spacial score (nSPS) is 11.4. The molecule has 2 rings (SSSR count). The number of rotatable bonds is 4. The molecule has 0 fully saturated rings. The molecule has 0 bridgehead atoms. The Morgan fingerprint density at radius 2 is 2.00 bits per heavy atom. The number of benzene rings is 1. The number of nitrogens with zero attached hydrogens (tertiary/aromatic N) is 2. The summed E-state index contributed by atoms with van der Waals surface area (Å²) in [6.45, 7) is 0. The van der Waals surface area contributed by atoms with Crippen LogP contribution < -0.4 is 4.74 Å². The largest absolute Gasteiger partial charge is 0.497 e. The molecule has 0 atom stereocenters. The predicted octanol–water partition coefficient (Wildman–Crippen LogP) is 1.81. The molecule has 18 heavy (non-hydrogen) atoms. The zero-order chi connectivity index (χ0) is 13.2. The van der Waals surface area contributed by atoms with Crippen LogP contribution >= 0.6 is 10.7 Å². The van der Waals surface area contributed by atoms with E-state index in [1.54, 1.807) is 31.4 Å². The van der Waals surface area contributed by atoms with Gasteiger partial charge in [0.1, 0.15) is 11.5 Å². The number of ether oxygens (including phenoxy) is 1. The summed E-state index contributed by atoms with van der Waals surface area (Å²) in [5.41, 5.74) is 0.692. The summed E-state index contributed by atoms with van der Waals surface area (Å²) >= 11 is 0. The smallest absolute Gasteiger partial charge is 0.243 e. The molecule has 1 heterocycles. The highest BCUT2D eigenvalue weighted by Gasteiger charge is 2.15. The first kappa shape index (κ1) is 12.8. The van der Waals surface area contributed by atoms with Crippen LogP contribution in [0.25, 0.3) is 11.4 Å². The van der Waals surface area contributed by atoms with Crippen molar-refractivity contribution < 1.29 is 17.7 Å². The highest BCUT2D eigenvalue weighted by Crippen LogP contribution is 2.20. The fourth-order valence-electron chi connectivity index (χ4n) is 1.32. The van der Waals surface area contributed by atoms with Gasteiger partial charge in [-0.2, -0.15) is 4.98 Å². The molecule has 1 aromatic heterocycles. The van der Waals surface area contributed by atoms with Gasteiger partial charge >= 0.3 is 0 Å². The summed E-state index contributed by atoms with van der Waals surface area (Å²) in [5, 5.41) is 3.68. The van der Waals surface area contributed by atoms with Gasteiger partial charge in [0.2, 0.25) is 20.8 Å². The summed E-state index contributed by atoms with van der Waals surface area (Å²) in [6.07, 6.45) is 0. The maximum Gasteiger partial charge on any atom is 0.243 e. The summed E-state index contributed by atoms with van der Waals surface area (Å²) < 4.78 is 31.5. The number of hydrogen-bond donors (Lipinski definition) is 0. The van der Waals surface area contributed by atoms with Gasteiger partial charge in [-0.1, -0.05) is 5.16 Å². The number of aromatic nitrogens is 2. The topological polar surface area (TPSA) is 82.3 Å². The number of halogens is 1. The van der Waals surface area contributed by atoms with Crippen molar-refractivity contribution in [3.05, 3.63) is 30.2 Å². The van der Waals surface area contributed by atoms with E-state index in [2.05, 4.69) is 10.1 Å². The average molecular weight is 289 g/mol. The fourth-order valence-corrected chi connectivity index (χ4v) is 2.01. The first-order valence-corrected chi connectivity index (χ1v) is 7.35. The first-order chi connectivity index (χ1) is 8.48. The molecule has 0 saturated carbocycles. The van der Waals surface area contributed by atoms with Crippen LogP contribution in [0.4, 0.5) is 0 Å². The molecule has 0 aliphatic rings. The minimum absolute atomic E-state index is 0.0455. The Balaban J connectivity index is 2.23. The minimum atomic E-state index is -3.70. The monoisotopic (exact) mass is 288 g/mol. The lowest BCUT2D eigenvalue weighted by molar-refractivity contribution is 0.389. The Labute approximate surface area is 108 Å². The Kier molecular flexibility index (Phi) is 3.53. The number of methoxy groups -OCH3 is 1. The molecule has 0 N–H and O–H groups in total. The van der Waals surface area contributed by atoms with Gasteiger partial charge in [0, 0.05) is 16.2 Å². The van der Waals surface area contributed by atoms with Gasteiger partial charge < -0.3 is 9.26 Å². The van der Waals surface area contributed by atoms with Crippen LogP contribution in [-0.4, -0.2) is 25.7 Å². The van der Waals surface area contributed by atoms with Crippen molar-refractivity contribution in [3.8, 4) is 17.1 Å². The van der Waals surface area contributed by atoms with Gasteiger partial charge in [0.15, 0.2) is 0 Å². The van der Waals surface area contributed by atoms with Crippen LogP contribution in [0.5, 0.6) is 5.75 Å². The van der Waals surface area contributed by atoms with Gasteiger partial charge in [0.05, 0.1) is 7.11 Å². The molecule has 8 heteroatoms. The maximum absolute atomic E-state index is 10.9. The Morgan fingerprint density at radius 1 is 1.33 bits per heavy atom. The van der Waals surface area contributed by atoms with Crippen LogP contribution in [0.15, 0.2) is 28.8 Å². The molecule has 6 nitrogen and oxygen atoms in total. The second kappa shape index (κ2) is 4.95. The van der Waals surface area contributed by atoms with E-state index in [4.69, 9.17) is 19.9 Å². The molecule has 0 radical (unpaired) electrons. The quantitative estimate of drug-likeness (QED) is 0.798. The van der Waals surface area contributed by atoms with Gasteiger partial charge in [-0.15, -0.1) is 0 Å². The SMILES string of the molecule is COc1ccc(-c2noc(CS(=O)(=O)Cl)n2)cc1. The van der Waals surface area contributed by atoms with Crippen LogP contribution in [0, 0.1) is 0 Å². The molecule has 0 saturated heterocycles. The van der Waals surface area contributed by atoms with Crippen LogP contribution in [0.2, 0.25) is 0 Å². The van der Waals surface area contributed by atoms with E-state index in [0.29, 0.717) is 17.1 Å². The van der Waals surface area contributed by atoms with Crippen molar-refractivity contribution in [2.45, 2.75) is 5.75 Å². The Morgan fingerprint density at radius 3 is 2.56 bits per heavy atom. The molecule has 0 spiro atoms. The minimum Gasteiger partial charge on any atom is -0.497 e. The predicted molar refractivity (Wildman–Crippen MR) is 64.8 cm³/mol. The van der Waals surface area contributed by atoms with Gasteiger partial charge in [-0.25, -0.2) is 8.42 Å². The Hall–Kier alpha value is -1.60. The van der Waals surface area contributed by atoms with E-state index in [9.17, 15) is 8.42 Å². The van der Waals surface area contributed by atoms with E-state index in [-0.39, 0.29) is 5.89 Å². The maximum atomic E-state index is 10.9. The van der Waals surface area contributed by atoms with E-state index >= 15 is 0 Å². The second-order valence-electron chi connectivity index (χ2n) is 3.42. The summed E-state index contributed by atoms with van der Waals surface area (Å²) in [4.78, 5) is 3.94. The second-order valence-corrected chi connectivity index (χ2v) is 6.20. The zero-order valence-corrected chi connectivity index (χ0v) is 10.9. The molecular formula is C10H9ClN2O4S. The highest BCUT2D eigenvalue weighted by atomic mass is 35.7. The lowest BCUT2D eigenvalue weighted by Gasteiger charge is -1.98. The average Bonchev–Trinajstić information content (AvgIpc) is 2.75. The fraction of sp³-hybridized carbons (Fsp3) is 0.200. The van der Waals surface area contributed by atoms with Crippen molar-refractivity contribution >= 4 is 19.7 Å². The van der Waals surface area contributed by atoms with Crippen molar-refractivity contribution in [2.24, 2.45) is 0 Å². The standard InChI is InChI=1S/C10H9ClN2O4S/c1-16-8-4-2-7(3-5-8)10-12-9(17-13-10)6-18(11,14)15/h2-5H,6H2,1H3. The van der Waals surface area contributed by atoms with Crippen molar-refractivity contribution in [1.29, 1.82) is 0 Å². The van der Waals surface area contributed by atoms with Crippen LogP contribution in [0.1, 0.15) is 5.89 Å². The van der Waals surface area contributed by atoms with Crippen LogP contribution in [-0.2, 0) is 14.8 Å². The highest BCUT2D eigenvalue weighted by molar-refractivity contribution is 8.13. The van der Waals surface area contributed by atoms with Crippen molar-refractivity contribution in [3.63, 3.8) is 0 Å². The van der Waals surface area contributed by atoms with E-state index in [1.807, 2.05) is 0 Å². The third-order valence-corrected chi connectivity index (χ3v) is 3.03. The molecular weight excluding hydrogens is 280 g/mol.